The molecule has 0 aromatic heterocycles. The van der Waals surface area contributed by atoms with Gasteiger partial charge in [0.25, 0.3) is 5.91 Å². The van der Waals surface area contributed by atoms with Crippen molar-refractivity contribution in [1.29, 1.82) is 0 Å². The maximum Gasteiger partial charge on any atom is 0.330 e. The van der Waals surface area contributed by atoms with Crippen LogP contribution in [0.4, 0.5) is 0 Å². The SMILES string of the molecule is COC(=O)[C@H](CO)NC(=O)c1ccccc1OC. The van der Waals surface area contributed by atoms with Crippen LogP contribution in [0, 0.1) is 0 Å². The van der Waals surface area contributed by atoms with Gasteiger partial charge in [-0.15, -0.1) is 0 Å². The minimum atomic E-state index is -1.09. The van der Waals surface area contributed by atoms with E-state index >= 15 is 0 Å². The Balaban J connectivity index is 2.84. The lowest BCUT2D eigenvalue weighted by Gasteiger charge is -2.15. The lowest BCUT2D eigenvalue weighted by atomic mass is 10.1. The van der Waals surface area contributed by atoms with Gasteiger partial charge in [-0.3, -0.25) is 4.79 Å². The van der Waals surface area contributed by atoms with E-state index in [2.05, 4.69) is 10.1 Å². The molecular weight excluding hydrogens is 238 g/mol. The highest BCUT2D eigenvalue weighted by molar-refractivity contribution is 5.99. The van der Waals surface area contributed by atoms with Gasteiger partial charge in [0, 0.05) is 0 Å². The number of para-hydroxylation sites is 1. The smallest absolute Gasteiger partial charge is 0.330 e. The van der Waals surface area contributed by atoms with E-state index in [1.165, 1.54) is 14.2 Å². The average molecular weight is 253 g/mol. The van der Waals surface area contributed by atoms with Crippen molar-refractivity contribution in [2.75, 3.05) is 20.8 Å². The van der Waals surface area contributed by atoms with Crippen LogP contribution in [0.3, 0.4) is 0 Å². The summed E-state index contributed by atoms with van der Waals surface area (Å²) in [6.07, 6.45) is 0. The number of aliphatic hydroxyl groups excluding tert-OH is 1. The van der Waals surface area contributed by atoms with Gasteiger partial charge in [-0.2, -0.15) is 0 Å². The summed E-state index contributed by atoms with van der Waals surface area (Å²) < 4.78 is 9.48. The molecule has 0 saturated heterocycles. The number of amides is 1. The number of rotatable bonds is 5. The van der Waals surface area contributed by atoms with Crippen molar-refractivity contribution in [1.82, 2.24) is 5.32 Å². The summed E-state index contributed by atoms with van der Waals surface area (Å²) in [5.41, 5.74) is 0.280. The summed E-state index contributed by atoms with van der Waals surface area (Å²) in [5.74, 6) is -0.839. The molecule has 1 rings (SSSR count). The number of nitrogens with one attached hydrogen (secondary N) is 1. The number of aliphatic hydroxyl groups is 1. The van der Waals surface area contributed by atoms with Crippen molar-refractivity contribution in [3.8, 4) is 5.75 Å². The van der Waals surface area contributed by atoms with E-state index in [0.717, 1.165) is 0 Å². The molecule has 2 N–H and O–H groups in total. The van der Waals surface area contributed by atoms with Crippen LogP contribution in [-0.2, 0) is 9.53 Å². The van der Waals surface area contributed by atoms with Crippen LogP contribution in [0.25, 0.3) is 0 Å². The monoisotopic (exact) mass is 253 g/mol. The zero-order chi connectivity index (χ0) is 13.5. The summed E-state index contributed by atoms with van der Waals surface area (Å²) in [6.45, 7) is -0.534. The lowest BCUT2D eigenvalue weighted by molar-refractivity contribution is -0.143. The fourth-order valence-corrected chi connectivity index (χ4v) is 1.39. The third kappa shape index (κ3) is 3.21. The van der Waals surface area contributed by atoms with Crippen LogP contribution in [0.1, 0.15) is 10.4 Å². The topological polar surface area (TPSA) is 84.9 Å². The fourth-order valence-electron chi connectivity index (χ4n) is 1.39. The number of hydrogen-bond acceptors (Lipinski definition) is 5. The van der Waals surface area contributed by atoms with E-state index < -0.39 is 24.5 Å². The van der Waals surface area contributed by atoms with E-state index in [1.807, 2.05) is 0 Å². The van der Waals surface area contributed by atoms with Crippen molar-refractivity contribution >= 4 is 11.9 Å². The number of ether oxygens (including phenoxy) is 2. The quantitative estimate of drug-likeness (QED) is 0.719. The molecule has 1 aromatic carbocycles. The van der Waals surface area contributed by atoms with E-state index in [1.54, 1.807) is 24.3 Å². The van der Waals surface area contributed by atoms with E-state index in [0.29, 0.717) is 5.75 Å². The second-order valence-electron chi connectivity index (χ2n) is 3.43. The van der Waals surface area contributed by atoms with Gasteiger partial charge in [0.15, 0.2) is 6.04 Å². The fraction of sp³-hybridized carbons (Fsp3) is 0.333. The molecule has 0 radical (unpaired) electrons. The first kappa shape index (κ1) is 14.0. The molecule has 0 bridgehead atoms. The highest BCUT2D eigenvalue weighted by atomic mass is 16.5. The summed E-state index contributed by atoms with van der Waals surface area (Å²) in [7, 11) is 2.62. The summed E-state index contributed by atoms with van der Waals surface area (Å²) in [5, 5.41) is 11.4. The molecule has 0 saturated carbocycles. The molecule has 0 heterocycles. The normalized spacial score (nSPS) is 11.5. The molecule has 1 aromatic rings. The van der Waals surface area contributed by atoms with Gasteiger partial charge < -0.3 is 19.9 Å². The number of esters is 1. The molecule has 6 nitrogen and oxygen atoms in total. The van der Waals surface area contributed by atoms with Gasteiger partial charge in [0.2, 0.25) is 0 Å². The predicted molar refractivity (Wildman–Crippen MR) is 63.4 cm³/mol. The Labute approximate surface area is 105 Å². The molecule has 1 amide bonds. The van der Waals surface area contributed by atoms with Crippen molar-refractivity contribution in [2.24, 2.45) is 0 Å². The van der Waals surface area contributed by atoms with E-state index in [9.17, 15) is 9.59 Å². The van der Waals surface area contributed by atoms with Gasteiger partial charge in [-0.25, -0.2) is 4.79 Å². The minimum Gasteiger partial charge on any atom is -0.496 e. The lowest BCUT2D eigenvalue weighted by Crippen LogP contribution is -2.44. The minimum absolute atomic E-state index is 0.280. The van der Waals surface area contributed by atoms with Crippen LogP contribution in [0.2, 0.25) is 0 Å². The largest absolute Gasteiger partial charge is 0.496 e. The van der Waals surface area contributed by atoms with Crippen LogP contribution in [-0.4, -0.2) is 43.9 Å². The molecule has 0 spiro atoms. The summed E-state index contributed by atoms with van der Waals surface area (Å²) in [4.78, 5) is 23.1. The van der Waals surface area contributed by atoms with Gasteiger partial charge >= 0.3 is 5.97 Å². The molecule has 98 valence electrons. The molecule has 18 heavy (non-hydrogen) atoms. The molecular formula is C12H15NO5. The zero-order valence-corrected chi connectivity index (χ0v) is 10.2. The standard InChI is InChI=1S/C12H15NO5/c1-17-10-6-4-3-5-8(10)11(15)13-9(7-14)12(16)18-2/h3-6,9,14H,7H2,1-2H3,(H,13,15)/t9-/m0/s1. The Morgan fingerprint density at radius 3 is 2.56 bits per heavy atom. The number of benzene rings is 1. The molecule has 0 fully saturated rings. The summed E-state index contributed by atoms with van der Waals surface area (Å²) in [6, 6.07) is 5.48. The van der Waals surface area contributed by atoms with E-state index in [-0.39, 0.29) is 5.56 Å². The Bertz CT molecular complexity index is 432. The first-order chi connectivity index (χ1) is 8.63. The van der Waals surface area contributed by atoms with Gasteiger partial charge in [-0.1, -0.05) is 12.1 Å². The van der Waals surface area contributed by atoms with E-state index in [4.69, 9.17) is 9.84 Å². The van der Waals surface area contributed by atoms with Crippen LogP contribution in [0.15, 0.2) is 24.3 Å². The number of methoxy groups -OCH3 is 2. The Hall–Kier alpha value is -2.08. The third-order valence-corrected chi connectivity index (χ3v) is 2.33. The third-order valence-electron chi connectivity index (χ3n) is 2.33. The molecule has 1 atom stereocenters. The number of carbonyl (C=O) groups excluding carboxylic acids is 2. The molecule has 0 unspecified atom stereocenters. The van der Waals surface area contributed by atoms with Crippen LogP contribution < -0.4 is 10.1 Å². The van der Waals surface area contributed by atoms with Crippen LogP contribution >= 0.6 is 0 Å². The average Bonchev–Trinajstić information content (AvgIpc) is 2.43. The second kappa shape index (κ2) is 6.61. The second-order valence-corrected chi connectivity index (χ2v) is 3.43. The summed E-state index contributed by atoms with van der Waals surface area (Å²) >= 11 is 0. The number of carbonyl (C=O) groups is 2. The van der Waals surface area contributed by atoms with Crippen LogP contribution in [0.5, 0.6) is 5.75 Å². The van der Waals surface area contributed by atoms with Crippen molar-refractivity contribution < 1.29 is 24.2 Å². The molecule has 0 aliphatic rings. The predicted octanol–water partition coefficient (Wildman–Crippen LogP) is -0.0411. The van der Waals surface area contributed by atoms with Crippen molar-refractivity contribution in [3.05, 3.63) is 29.8 Å². The highest BCUT2D eigenvalue weighted by Crippen LogP contribution is 2.16. The first-order valence-electron chi connectivity index (χ1n) is 5.26. The maximum atomic E-state index is 11.9. The van der Waals surface area contributed by atoms with Crippen molar-refractivity contribution in [3.63, 3.8) is 0 Å². The van der Waals surface area contributed by atoms with Gasteiger partial charge in [-0.05, 0) is 12.1 Å². The maximum absolute atomic E-state index is 11.9. The Morgan fingerprint density at radius 1 is 1.33 bits per heavy atom. The Kier molecular flexibility index (Phi) is 5.13. The van der Waals surface area contributed by atoms with Gasteiger partial charge in [0.05, 0.1) is 26.4 Å². The first-order valence-corrected chi connectivity index (χ1v) is 5.26. The molecule has 6 heteroatoms. The molecule has 0 aliphatic carbocycles. The highest BCUT2D eigenvalue weighted by Gasteiger charge is 2.22. The number of hydrogen-bond donors (Lipinski definition) is 2. The van der Waals surface area contributed by atoms with Gasteiger partial charge in [0.1, 0.15) is 5.75 Å². The Morgan fingerprint density at radius 2 is 2.00 bits per heavy atom. The molecule has 0 aliphatic heterocycles. The zero-order valence-electron chi connectivity index (χ0n) is 10.2. The van der Waals surface area contributed by atoms with Crippen molar-refractivity contribution in [2.45, 2.75) is 6.04 Å².